The third-order valence-electron chi connectivity index (χ3n) is 5.66. The standard InChI is InChI=1S/C18H18N4O4/c23-14-5-4-13(16(24)20-14)22-17(25)10-3-1-2-9(15(10)18(22)26)6-21-7-11-12(8-21)19-11/h1-3,11-13,19H,4-8H2,(H,20,23,24)/t11-,12+,13?. The Morgan fingerprint density at radius 1 is 1.04 bits per heavy atom. The van der Waals surface area contributed by atoms with Gasteiger partial charge in [-0.3, -0.25) is 34.3 Å². The summed E-state index contributed by atoms with van der Waals surface area (Å²) < 4.78 is 0. The summed E-state index contributed by atoms with van der Waals surface area (Å²) in [4.78, 5) is 52.6. The molecule has 2 N–H and O–H groups in total. The zero-order valence-electron chi connectivity index (χ0n) is 14.0. The Balaban J connectivity index is 1.44. The van der Waals surface area contributed by atoms with E-state index < -0.39 is 23.8 Å². The molecule has 8 nitrogen and oxygen atoms in total. The van der Waals surface area contributed by atoms with Crippen molar-refractivity contribution in [2.24, 2.45) is 0 Å². The molecular weight excluding hydrogens is 336 g/mol. The molecule has 0 bridgehead atoms. The van der Waals surface area contributed by atoms with E-state index in [9.17, 15) is 19.2 Å². The topological polar surface area (TPSA) is 109 Å². The molecule has 4 amide bonds. The molecule has 5 rings (SSSR count). The number of carbonyl (C=O) groups excluding carboxylic acids is 4. The number of carbonyl (C=O) groups is 4. The van der Waals surface area contributed by atoms with Crippen molar-refractivity contribution in [1.29, 1.82) is 0 Å². The molecule has 3 fully saturated rings. The number of piperidine rings is 1. The maximum Gasteiger partial charge on any atom is 0.262 e. The number of nitrogens with zero attached hydrogens (tertiary/aromatic N) is 2. The predicted molar refractivity (Wildman–Crippen MR) is 89.1 cm³/mol. The fourth-order valence-corrected chi connectivity index (χ4v) is 4.30. The Hall–Kier alpha value is -2.58. The summed E-state index contributed by atoms with van der Waals surface area (Å²) in [5.41, 5.74) is 1.56. The first kappa shape index (κ1) is 15.7. The Bertz CT molecular complexity index is 857. The molecule has 3 atom stereocenters. The molecule has 0 saturated carbocycles. The first-order valence-electron chi connectivity index (χ1n) is 8.85. The zero-order valence-corrected chi connectivity index (χ0v) is 14.0. The molecule has 0 aromatic heterocycles. The minimum absolute atomic E-state index is 0.125. The van der Waals surface area contributed by atoms with Gasteiger partial charge in [0.2, 0.25) is 11.8 Å². The largest absolute Gasteiger partial charge is 0.306 e. The van der Waals surface area contributed by atoms with Gasteiger partial charge in [-0.25, -0.2) is 0 Å². The smallest absolute Gasteiger partial charge is 0.262 e. The first-order valence-corrected chi connectivity index (χ1v) is 8.85. The van der Waals surface area contributed by atoms with Crippen LogP contribution in [0, 0.1) is 0 Å². The zero-order chi connectivity index (χ0) is 18.0. The number of piperazine rings is 1. The van der Waals surface area contributed by atoms with E-state index in [1.165, 1.54) is 0 Å². The lowest BCUT2D eigenvalue weighted by atomic mass is 10.0. The van der Waals surface area contributed by atoms with E-state index in [0.717, 1.165) is 23.6 Å². The van der Waals surface area contributed by atoms with Gasteiger partial charge in [0.15, 0.2) is 0 Å². The molecule has 0 aliphatic carbocycles. The van der Waals surface area contributed by atoms with Crippen molar-refractivity contribution in [2.45, 2.75) is 37.5 Å². The molecule has 4 aliphatic heterocycles. The van der Waals surface area contributed by atoms with Gasteiger partial charge < -0.3 is 5.32 Å². The maximum atomic E-state index is 13.0. The number of imide groups is 2. The summed E-state index contributed by atoms with van der Waals surface area (Å²) in [6.45, 7) is 2.49. The van der Waals surface area contributed by atoms with E-state index in [1.807, 2.05) is 6.07 Å². The van der Waals surface area contributed by atoms with Gasteiger partial charge in [0, 0.05) is 38.1 Å². The molecule has 1 aromatic rings. The summed E-state index contributed by atoms with van der Waals surface area (Å²) >= 11 is 0. The van der Waals surface area contributed by atoms with Gasteiger partial charge in [-0.05, 0) is 18.1 Å². The van der Waals surface area contributed by atoms with Crippen LogP contribution in [0.1, 0.15) is 39.1 Å². The maximum absolute atomic E-state index is 13.0. The second-order valence-electron chi connectivity index (χ2n) is 7.36. The summed E-state index contributed by atoms with van der Waals surface area (Å²) in [6, 6.07) is 5.45. The van der Waals surface area contributed by atoms with Crippen molar-refractivity contribution in [3.63, 3.8) is 0 Å². The Kier molecular flexibility index (Phi) is 3.29. The molecule has 1 unspecified atom stereocenters. The fourth-order valence-electron chi connectivity index (χ4n) is 4.30. The minimum atomic E-state index is -0.920. The van der Waals surface area contributed by atoms with Crippen LogP contribution >= 0.6 is 0 Å². The number of likely N-dealkylation sites (tertiary alicyclic amines) is 1. The van der Waals surface area contributed by atoms with E-state index in [0.29, 0.717) is 29.8 Å². The first-order chi connectivity index (χ1) is 12.5. The van der Waals surface area contributed by atoms with Gasteiger partial charge in [-0.15, -0.1) is 0 Å². The molecule has 4 aliphatic rings. The van der Waals surface area contributed by atoms with E-state index in [1.54, 1.807) is 12.1 Å². The lowest BCUT2D eigenvalue weighted by Gasteiger charge is -2.28. The number of rotatable bonds is 3. The number of hydrogen-bond acceptors (Lipinski definition) is 6. The third-order valence-corrected chi connectivity index (χ3v) is 5.66. The van der Waals surface area contributed by atoms with Gasteiger partial charge in [-0.2, -0.15) is 0 Å². The number of nitrogens with one attached hydrogen (secondary N) is 2. The van der Waals surface area contributed by atoms with Crippen molar-refractivity contribution in [1.82, 2.24) is 20.4 Å². The van der Waals surface area contributed by atoms with Crippen LogP contribution in [0.25, 0.3) is 0 Å². The van der Waals surface area contributed by atoms with Crippen molar-refractivity contribution in [3.8, 4) is 0 Å². The van der Waals surface area contributed by atoms with Crippen molar-refractivity contribution in [3.05, 3.63) is 34.9 Å². The highest BCUT2D eigenvalue weighted by Gasteiger charge is 2.47. The third kappa shape index (κ3) is 2.29. The van der Waals surface area contributed by atoms with Gasteiger partial charge in [0.05, 0.1) is 11.1 Å². The molecule has 3 saturated heterocycles. The summed E-state index contributed by atoms with van der Waals surface area (Å²) in [5, 5.41) is 5.59. The Morgan fingerprint density at radius 3 is 2.54 bits per heavy atom. The quantitative estimate of drug-likeness (QED) is 0.546. The van der Waals surface area contributed by atoms with Gasteiger partial charge >= 0.3 is 0 Å². The van der Waals surface area contributed by atoms with Gasteiger partial charge in [-0.1, -0.05) is 12.1 Å². The van der Waals surface area contributed by atoms with Crippen LogP contribution in [0.3, 0.4) is 0 Å². The fraction of sp³-hybridized carbons (Fsp3) is 0.444. The number of fused-ring (bicyclic) bond motifs is 2. The highest BCUT2D eigenvalue weighted by Crippen LogP contribution is 2.31. The number of benzene rings is 1. The van der Waals surface area contributed by atoms with Crippen molar-refractivity contribution < 1.29 is 19.2 Å². The molecule has 134 valence electrons. The normalized spacial score (nSPS) is 30.5. The number of amides is 4. The van der Waals surface area contributed by atoms with Gasteiger partial charge in [0.1, 0.15) is 6.04 Å². The Labute approximate surface area is 149 Å². The second kappa shape index (κ2) is 5.46. The van der Waals surface area contributed by atoms with E-state index >= 15 is 0 Å². The molecule has 1 aromatic carbocycles. The van der Waals surface area contributed by atoms with Crippen molar-refractivity contribution >= 4 is 23.6 Å². The lowest BCUT2D eigenvalue weighted by molar-refractivity contribution is -0.136. The molecular formula is C18H18N4O4. The molecule has 26 heavy (non-hydrogen) atoms. The summed E-state index contributed by atoms with van der Waals surface area (Å²) in [6.07, 6.45) is 0.298. The summed E-state index contributed by atoms with van der Waals surface area (Å²) in [5.74, 6) is -1.84. The molecule has 4 heterocycles. The summed E-state index contributed by atoms with van der Waals surface area (Å²) in [7, 11) is 0. The van der Waals surface area contributed by atoms with Gasteiger partial charge in [0.25, 0.3) is 11.8 Å². The van der Waals surface area contributed by atoms with E-state index in [2.05, 4.69) is 15.5 Å². The predicted octanol–water partition coefficient (Wildman–Crippen LogP) is -0.756. The van der Waals surface area contributed by atoms with Crippen LogP contribution in [0.15, 0.2) is 18.2 Å². The number of hydrogen-bond donors (Lipinski definition) is 2. The highest BCUT2D eigenvalue weighted by molar-refractivity contribution is 6.24. The van der Waals surface area contributed by atoms with E-state index in [4.69, 9.17) is 0 Å². The lowest BCUT2D eigenvalue weighted by Crippen LogP contribution is -2.54. The molecule has 8 heteroatoms. The van der Waals surface area contributed by atoms with Crippen LogP contribution in [0.4, 0.5) is 0 Å². The van der Waals surface area contributed by atoms with E-state index in [-0.39, 0.29) is 18.7 Å². The Morgan fingerprint density at radius 2 is 1.81 bits per heavy atom. The van der Waals surface area contributed by atoms with Crippen LogP contribution < -0.4 is 10.6 Å². The average Bonchev–Trinajstić information content (AvgIpc) is 3.13. The molecule has 0 radical (unpaired) electrons. The highest BCUT2D eigenvalue weighted by atomic mass is 16.2. The molecule has 0 spiro atoms. The van der Waals surface area contributed by atoms with Crippen LogP contribution in [0.5, 0.6) is 0 Å². The monoisotopic (exact) mass is 354 g/mol. The average molecular weight is 354 g/mol. The van der Waals surface area contributed by atoms with Crippen molar-refractivity contribution in [2.75, 3.05) is 13.1 Å². The van der Waals surface area contributed by atoms with Crippen LogP contribution in [-0.4, -0.2) is 64.6 Å². The van der Waals surface area contributed by atoms with Crippen LogP contribution in [-0.2, 0) is 16.1 Å². The second-order valence-corrected chi connectivity index (χ2v) is 7.36. The SMILES string of the molecule is O=C1CCC(N2C(=O)c3cccc(CN4C[C@@H]5N[C@@H]5C4)c3C2=O)C(=O)N1. The minimum Gasteiger partial charge on any atom is -0.306 e. The van der Waals surface area contributed by atoms with Crippen LogP contribution in [0.2, 0.25) is 0 Å².